The van der Waals surface area contributed by atoms with Crippen molar-refractivity contribution in [3.63, 3.8) is 0 Å². The average Bonchev–Trinajstić information content (AvgIpc) is 2.34. The first-order chi connectivity index (χ1) is 5.29. The van der Waals surface area contributed by atoms with Gasteiger partial charge in [0.25, 0.3) is 0 Å². The first-order valence-electron chi connectivity index (χ1n) is 3.31. The second kappa shape index (κ2) is 1.99. The molecule has 2 N–H and O–H groups in total. The lowest BCUT2D eigenvalue weighted by atomic mass is 10.1. The van der Waals surface area contributed by atoms with Gasteiger partial charge < -0.3 is 9.84 Å². The fourth-order valence-electron chi connectivity index (χ4n) is 1.19. The molecule has 1 aliphatic rings. The van der Waals surface area contributed by atoms with Crippen molar-refractivity contribution in [2.75, 3.05) is 0 Å². The van der Waals surface area contributed by atoms with Crippen LogP contribution in [0.4, 0.5) is 0 Å². The molecule has 3 nitrogen and oxygen atoms in total. The third-order valence-corrected chi connectivity index (χ3v) is 1.73. The predicted octanol–water partition coefficient (Wildman–Crippen LogP) is 1.25. The summed E-state index contributed by atoms with van der Waals surface area (Å²) in [7, 11) is 0. The molecule has 0 spiro atoms. The Morgan fingerprint density at radius 2 is 2.27 bits per heavy atom. The van der Waals surface area contributed by atoms with Crippen LogP contribution in [0.5, 0.6) is 5.75 Å². The Morgan fingerprint density at radius 3 is 3.00 bits per heavy atom. The molecule has 11 heavy (non-hydrogen) atoms. The summed E-state index contributed by atoms with van der Waals surface area (Å²) in [6.45, 7) is 0.405. The van der Waals surface area contributed by atoms with Crippen LogP contribution in [0, 0.1) is 5.41 Å². The minimum absolute atomic E-state index is 0.0677. The molecule has 0 atom stereocenters. The van der Waals surface area contributed by atoms with E-state index in [0.29, 0.717) is 12.2 Å². The quantitative estimate of drug-likeness (QED) is 0.583. The summed E-state index contributed by atoms with van der Waals surface area (Å²) in [6, 6.07) is 5.15. The second-order valence-corrected chi connectivity index (χ2v) is 2.43. The van der Waals surface area contributed by atoms with Gasteiger partial charge in [-0.2, -0.15) is 0 Å². The van der Waals surface area contributed by atoms with Crippen LogP contribution in [0.25, 0.3) is 0 Å². The molecule has 0 amide bonds. The first-order valence-corrected chi connectivity index (χ1v) is 3.31. The van der Waals surface area contributed by atoms with Crippen molar-refractivity contribution in [1.29, 1.82) is 5.41 Å². The van der Waals surface area contributed by atoms with Crippen LogP contribution in [0.15, 0.2) is 18.2 Å². The molecule has 2 rings (SSSR count). The van der Waals surface area contributed by atoms with E-state index >= 15 is 0 Å². The highest BCUT2D eigenvalue weighted by Crippen LogP contribution is 2.27. The summed E-state index contributed by atoms with van der Waals surface area (Å²) in [5.74, 6) is 0.197. The van der Waals surface area contributed by atoms with Gasteiger partial charge in [-0.25, -0.2) is 0 Å². The van der Waals surface area contributed by atoms with E-state index in [9.17, 15) is 5.11 Å². The van der Waals surface area contributed by atoms with Gasteiger partial charge in [-0.05, 0) is 6.07 Å². The molecule has 1 aromatic rings. The Labute approximate surface area is 63.7 Å². The summed E-state index contributed by atoms with van der Waals surface area (Å²) >= 11 is 0. The fraction of sp³-hybridized carbons (Fsp3) is 0.125. The molecule has 56 valence electrons. The maximum atomic E-state index is 9.28. The summed E-state index contributed by atoms with van der Waals surface area (Å²) < 4.78 is 4.93. The van der Waals surface area contributed by atoms with Gasteiger partial charge in [0, 0.05) is 5.56 Å². The monoisotopic (exact) mass is 149 g/mol. The molecule has 1 aromatic carbocycles. The van der Waals surface area contributed by atoms with E-state index in [4.69, 9.17) is 10.1 Å². The van der Waals surface area contributed by atoms with E-state index in [2.05, 4.69) is 0 Å². The predicted molar refractivity (Wildman–Crippen MR) is 39.7 cm³/mol. The zero-order chi connectivity index (χ0) is 7.84. The number of nitrogens with one attached hydrogen (secondary N) is 1. The van der Waals surface area contributed by atoms with Crippen molar-refractivity contribution in [3.05, 3.63) is 29.3 Å². The number of hydrogen-bond acceptors (Lipinski definition) is 3. The van der Waals surface area contributed by atoms with E-state index in [0.717, 1.165) is 5.56 Å². The van der Waals surface area contributed by atoms with Gasteiger partial charge in [-0.3, -0.25) is 5.41 Å². The number of ether oxygens (including phenoxy) is 1. The Kier molecular flexibility index (Phi) is 1.12. The molecule has 0 aliphatic carbocycles. The summed E-state index contributed by atoms with van der Waals surface area (Å²) in [5.41, 5.74) is 1.42. The van der Waals surface area contributed by atoms with Gasteiger partial charge in [-0.15, -0.1) is 0 Å². The van der Waals surface area contributed by atoms with E-state index in [-0.39, 0.29) is 11.6 Å². The molecule has 0 bridgehead atoms. The molecule has 0 aromatic heterocycles. The van der Waals surface area contributed by atoms with Crippen molar-refractivity contribution in [3.8, 4) is 5.75 Å². The number of fused-ring (bicyclic) bond motifs is 1. The average molecular weight is 149 g/mol. The standard InChI is InChI=1S/C8H7NO2/c9-8-7-5(4-11-8)2-1-3-6(7)10/h1-3,9-10H,4H2. The van der Waals surface area contributed by atoms with E-state index in [1.807, 2.05) is 6.07 Å². The highest BCUT2D eigenvalue weighted by molar-refractivity contribution is 5.97. The maximum absolute atomic E-state index is 9.28. The zero-order valence-corrected chi connectivity index (χ0v) is 5.79. The number of hydrogen-bond donors (Lipinski definition) is 2. The molecular formula is C8H7NO2. The summed E-state index contributed by atoms with van der Waals surface area (Å²) in [6.07, 6.45) is 0. The number of phenolic OH excluding ortho intramolecular Hbond substituents is 1. The van der Waals surface area contributed by atoms with Crippen molar-refractivity contribution in [2.45, 2.75) is 6.61 Å². The van der Waals surface area contributed by atoms with Gasteiger partial charge in [0.2, 0.25) is 5.90 Å². The SMILES string of the molecule is N=C1OCc2cccc(O)c21. The topological polar surface area (TPSA) is 53.3 Å². The van der Waals surface area contributed by atoms with E-state index < -0.39 is 0 Å². The number of phenols is 1. The van der Waals surface area contributed by atoms with E-state index in [1.165, 1.54) is 0 Å². The van der Waals surface area contributed by atoms with Crippen molar-refractivity contribution in [2.24, 2.45) is 0 Å². The van der Waals surface area contributed by atoms with Crippen molar-refractivity contribution in [1.82, 2.24) is 0 Å². The van der Waals surface area contributed by atoms with Gasteiger partial charge in [0.1, 0.15) is 12.4 Å². The van der Waals surface area contributed by atoms with Gasteiger partial charge in [0.05, 0.1) is 5.56 Å². The molecule has 0 unspecified atom stereocenters. The number of benzene rings is 1. The molecular weight excluding hydrogens is 142 g/mol. The van der Waals surface area contributed by atoms with Crippen molar-refractivity contribution >= 4 is 5.90 Å². The van der Waals surface area contributed by atoms with Crippen LogP contribution in [0.1, 0.15) is 11.1 Å². The lowest BCUT2D eigenvalue weighted by Crippen LogP contribution is -1.93. The molecule has 0 saturated heterocycles. The fourth-order valence-corrected chi connectivity index (χ4v) is 1.19. The van der Waals surface area contributed by atoms with Crippen LogP contribution >= 0.6 is 0 Å². The van der Waals surface area contributed by atoms with Crippen LogP contribution in [-0.4, -0.2) is 11.0 Å². The lowest BCUT2D eigenvalue weighted by Gasteiger charge is -1.96. The number of aromatic hydroxyl groups is 1. The second-order valence-electron chi connectivity index (χ2n) is 2.43. The minimum atomic E-state index is 0.0677. The third-order valence-electron chi connectivity index (χ3n) is 1.73. The first kappa shape index (κ1) is 6.22. The van der Waals surface area contributed by atoms with Crippen LogP contribution in [-0.2, 0) is 11.3 Å². The van der Waals surface area contributed by atoms with Crippen LogP contribution in [0.2, 0.25) is 0 Å². The van der Waals surface area contributed by atoms with Crippen LogP contribution in [0.3, 0.4) is 0 Å². The largest absolute Gasteiger partial charge is 0.507 e. The Bertz CT molecular complexity index is 320. The lowest BCUT2D eigenvalue weighted by molar-refractivity contribution is 0.310. The highest BCUT2D eigenvalue weighted by atomic mass is 16.5. The Hall–Kier alpha value is -1.51. The van der Waals surface area contributed by atoms with E-state index in [1.54, 1.807) is 12.1 Å². The number of rotatable bonds is 0. The third kappa shape index (κ3) is 0.774. The Balaban J connectivity index is 2.68. The van der Waals surface area contributed by atoms with Crippen molar-refractivity contribution < 1.29 is 9.84 Å². The molecule has 3 heteroatoms. The summed E-state index contributed by atoms with van der Waals surface area (Å²) in [5, 5.41) is 16.6. The normalized spacial score (nSPS) is 14.4. The summed E-state index contributed by atoms with van der Waals surface area (Å²) in [4.78, 5) is 0. The molecule has 0 saturated carbocycles. The zero-order valence-electron chi connectivity index (χ0n) is 5.79. The van der Waals surface area contributed by atoms with Crippen LogP contribution < -0.4 is 0 Å². The highest BCUT2D eigenvalue weighted by Gasteiger charge is 2.20. The smallest absolute Gasteiger partial charge is 0.217 e. The van der Waals surface area contributed by atoms with Gasteiger partial charge >= 0.3 is 0 Å². The Morgan fingerprint density at radius 1 is 1.45 bits per heavy atom. The van der Waals surface area contributed by atoms with Gasteiger partial charge in [0.15, 0.2) is 0 Å². The van der Waals surface area contributed by atoms with Gasteiger partial charge in [-0.1, -0.05) is 12.1 Å². The minimum Gasteiger partial charge on any atom is -0.507 e. The maximum Gasteiger partial charge on any atom is 0.217 e. The molecule has 1 heterocycles. The molecule has 0 fully saturated rings. The molecule has 0 radical (unpaired) electrons. The molecule has 1 aliphatic heterocycles.